The zero-order chi connectivity index (χ0) is 13.3. The summed E-state index contributed by atoms with van der Waals surface area (Å²) in [6.45, 7) is 1.82. The fourth-order valence-corrected chi connectivity index (χ4v) is 2.16. The summed E-state index contributed by atoms with van der Waals surface area (Å²) < 4.78 is 21.4. The fraction of sp³-hybridized carbons (Fsp3) is 0.250. The molecule has 0 radical (unpaired) electrons. The van der Waals surface area contributed by atoms with Crippen LogP contribution in [0, 0.1) is 5.82 Å². The number of nitrogens with two attached hydrogens (primary N) is 1. The summed E-state index contributed by atoms with van der Waals surface area (Å²) in [5, 5.41) is 4.13. The Morgan fingerprint density at radius 3 is 2.78 bits per heavy atom. The van der Waals surface area contributed by atoms with Gasteiger partial charge in [-0.25, -0.2) is 9.07 Å². The first-order valence-corrected chi connectivity index (χ1v) is 6.16. The van der Waals surface area contributed by atoms with Gasteiger partial charge in [0.1, 0.15) is 17.4 Å². The van der Waals surface area contributed by atoms with Crippen LogP contribution in [0.5, 0.6) is 5.75 Å². The third kappa shape index (κ3) is 2.08. The highest BCUT2D eigenvalue weighted by molar-refractivity contribution is 9.10. The third-order valence-corrected chi connectivity index (χ3v) is 3.42. The number of anilines is 1. The van der Waals surface area contributed by atoms with Gasteiger partial charge in [0.2, 0.25) is 0 Å². The molecule has 0 aliphatic rings. The van der Waals surface area contributed by atoms with Gasteiger partial charge >= 0.3 is 0 Å². The number of nitrogen functional groups attached to an aromatic ring is 1. The van der Waals surface area contributed by atoms with Crippen molar-refractivity contribution in [2.24, 2.45) is 0 Å². The lowest BCUT2D eigenvalue weighted by molar-refractivity contribution is 0.393. The van der Waals surface area contributed by atoms with Crippen LogP contribution >= 0.6 is 15.9 Å². The van der Waals surface area contributed by atoms with Gasteiger partial charge < -0.3 is 10.5 Å². The van der Waals surface area contributed by atoms with Crippen molar-refractivity contribution in [3.05, 3.63) is 40.2 Å². The minimum atomic E-state index is -0.354. The highest BCUT2D eigenvalue weighted by atomic mass is 79.9. The number of ether oxygens (including phenoxy) is 1. The minimum absolute atomic E-state index is 0.340. The molecular weight excluding hydrogens is 301 g/mol. The van der Waals surface area contributed by atoms with Crippen LogP contribution in [0.3, 0.4) is 0 Å². The molecule has 0 aliphatic heterocycles. The molecular formula is C12H13BrFN3O. The Kier molecular flexibility index (Phi) is 3.56. The molecule has 4 nitrogen and oxygen atoms in total. The molecule has 0 saturated carbocycles. The van der Waals surface area contributed by atoms with Crippen molar-refractivity contribution in [3.8, 4) is 5.75 Å². The Balaban J connectivity index is 2.52. The van der Waals surface area contributed by atoms with E-state index in [0.717, 1.165) is 0 Å². The van der Waals surface area contributed by atoms with E-state index in [1.165, 1.54) is 13.2 Å². The van der Waals surface area contributed by atoms with Gasteiger partial charge in [0.05, 0.1) is 29.4 Å². The molecule has 0 aliphatic carbocycles. The van der Waals surface area contributed by atoms with Gasteiger partial charge in [0.15, 0.2) is 0 Å². The first kappa shape index (κ1) is 12.9. The number of benzene rings is 1. The number of aromatic nitrogens is 2. The lowest BCUT2D eigenvalue weighted by atomic mass is 10.1. The summed E-state index contributed by atoms with van der Waals surface area (Å²) in [5.41, 5.74) is 6.31. The molecule has 0 bridgehead atoms. The predicted octanol–water partition coefficient (Wildman–Crippen LogP) is 2.98. The molecule has 18 heavy (non-hydrogen) atoms. The Hall–Kier alpha value is -1.56. The Morgan fingerprint density at radius 1 is 1.50 bits per heavy atom. The van der Waals surface area contributed by atoms with Crippen LogP contribution in [0.1, 0.15) is 18.5 Å². The standard InChI is InChI=1S/C12H13BrFN3O/c1-7(17-12(15)8(13)6-16-17)11-9(14)4-3-5-10(11)18-2/h3-7H,15H2,1-2H3. The van der Waals surface area contributed by atoms with Crippen molar-refractivity contribution in [2.45, 2.75) is 13.0 Å². The van der Waals surface area contributed by atoms with Crippen LogP contribution < -0.4 is 10.5 Å². The van der Waals surface area contributed by atoms with Gasteiger partial charge in [-0.2, -0.15) is 5.10 Å². The molecule has 2 N–H and O–H groups in total. The van der Waals surface area contributed by atoms with Crippen molar-refractivity contribution in [3.63, 3.8) is 0 Å². The maximum Gasteiger partial charge on any atom is 0.136 e. The second-order valence-corrected chi connectivity index (χ2v) is 4.71. The molecule has 6 heteroatoms. The zero-order valence-electron chi connectivity index (χ0n) is 10.0. The molecule has 0 spiro atoms. The van der Waals surface area contributed by atoms with E-state index in [0.29, 0.717) is 21.6 Å². The SMILES string of the molecule is COc1cccc(F)c1C(C)n1ncc(Br)c1N. The number of rotatable bonds is 3. The Labute approximate surface area is 113 Å². The van der Waals surface area contributed by atoms with E-state index < -0.39 is 0 Å². The van der Waals surface area contributed by atoms with E-state index in [1.807, 2.05) is 6.92 Å². The summed E-state index contributed by atoms with van der Waals surface area (Å²) in [5.74, 6) is 0.592. The molecule has 2 aromatic rings. The molecule has 0 amide bonds. The van der Waals surface area contributed by atoms with Crippen molar-refractivity contribution < 1.29 is 9.13 Å². The van der Waals surface area contributed by atoms with Crippen LogP contribution in [0.4, 0.5) is 10.2 Å². The van der Waals surface area contributed by atoms with Crippen LogP contribution in [-0.4, -0.2) is 16.9 Å². The summed E-state index contributed by atoms with van der Waals surface area (Å²) in [6.07, 6.45) is 1.58. The first-order chi connectivity index (χ1) is 8.56. The number of halogens is 2. The second kappa shape index (κ2) is 4.97. The monoisotopic (exact) mass is 313 g/mol. The number of methoxy groups -OCH3 is 1. The summed E-state index contributed by atoms with van der Waals surface area (Å²) in [6, 6.07) is 4.35. The van der Waals surface area contributed by atoms with Gasteiger partial charge in [-0.05, 0) is 35.0 Å². The van der Waals surface area contributed by atoms with Gasteiger partial charge in [-0.15, -0.1) is 0 Å². The van der Waals surface area contributed by atoms with Crippen molar-refractivity contribution >= 4 is 21.7 Å². The van der Waals surface area contributed by atoms with E-state index in [1.54, 1.807) is 23.0 Å². The van der Waals surface area contributed by atoms with Crippen molar-refractivity contribution in [2.75, 3.05) is 12.8 Å². The van der Waals surface area contributed by atoms with E-state index in [4.69, 9.17) is 10.5 Å². The van der Waals surface area contributed by atoms with Gasteiger partial charge in [-0.1, -0.05) is 6.07 Å². The van der Waals surface area contributed by atoms with Crippen molar-refractivity contribution in [1.29, 1.82) is 0 Å². The van der Waals surface area contributed by atoms with Crippen molar-refractivity contribution in [1.82, 2.24) is 9.78 Å². The number of hydrogen-bond acceptors (Lipinski definition) is 3. The first-order valence-electron chi connectivity index (χ1n) is 5.37. The zero-order valence-corrected chi connectivity index (χ0v) is 11.6. The van der Waals surface area contributed by atoms with E-state index in [2.05, 4.69) is 21.0 Å². The maximum absolute atomic E-state index is 13.9. The summed E-state index contributed by atoms with van der Waals surface area (Å²) in [7, 11) is 1.51. The smallest absolute Gasteiger partial charge is 0.136 e. The Bertz CT molecular complexity index is 570. The van der Waals surface area contributed by atoms with E-state index in [-0.39, 0.29) is 11.9 Å². The molecule has 0 saturated heterocycles. The average Bonchev–Trinajstić information content (AvgIpc) is 2.69. The molecule has 0 fully saturated rings. The normalized spacial score (nSPS) is 12.4. The van der Waals surface area contributed by atoms with Gasteiger partial charge in [0, 0.05) is 0 Å². The summed E-state index contributed by atoms with van der Waals surface area (Å²) >= 11 is 3.28. The molecule has 1 atom stereocenters. The molecule has 1 aromatic heterocycles. The quantitative estimate of drug-likeness (QED) is 0.947. The average molecular weight is 314 g/mol. The highest BCUT2D eigenvalue weighted by Crippen LogP contribution is 2.32. The van der Waals surface area contributed by atoms with Crippen LogP contribution in [0.25, 0.3) is 0 Å². The van der Waals surface area contributed by atoms with Crippen LogP contribution in [0.2, 0.25) is 0 Å². The molecule has 1 unspecified atom stereocenters. The maximum atomic E-state index is 13.9. The van der Waals surface area contributed by atoms with Crippen LogP contribution in [-0.2, 0) is 0 Å². The topological polar surface area (TPSA) is 53.1 Å². The van der Waals surface area contributed by atoms with Crippen LogP contribution in [0.15, 0.2) is 28.9 Å². The summed E-state index contributed by atoms with van der Waals surface area (Å²) in [4.78, 5) is 0. The molecule has 1 heterocycles. The Morgan fingerprint density at radius 2 is 2.22 bits per heavy atom. The van der Waals surface area contributed by atoms with Gasteiger partial charge in [0.25, 0.3) is 0 Å². The van der Waals surface area contributed by atoms with Gasteiger partial charge in [-0.3, -0.25) is 0 Å². The highest BCUT2D eigenvalue weighted by Gasteiger charge is 2.20. The minimum Gasteiger partial charge on any atom is -0.496 e. The number of hydrogen-bond donors (Lipinski definition) is 1. The number of nitrogens with zero attached hydrogens (tertiary/aromatic N) is 2. The van der Waals surface area contributed by atoms with E-state index >= 15 is 0 Å². The largest absolute Gasteiger partial charge is 0.496 e. The third-order valence-electron chi connectivity index (χ3n) is 2.80. The predicted molar refractivity (Wildman–Crippen MR) is 71.1 cm³/mol. The lowest BCUT2D eigenvalue weighted by Gasteiger charge is -2.18. The molecule has 96 valence electrons. The fourth-order valence-electron chi connectivity index (χ4n) is 1.88. The molecule has 1 aromatic carbocycles. The van der Waals surface area contributed by atoms with E-state index in [9.17, 15) is 4.39 Å². The molecule has 2 rings (SSSR count). The second-order valence-electron chi connectivity index (χ2n) is 3.85. The lowest BCUT2D eigenvalue weighted by Crippen LogP contribution is -2.14.